The summed E-state index contributed by atoms with van der Waals surface area (Å²) in [6.07, 6.45) is 0. The third-order valence-electron chi connectivity index (χ3n) is 3.98. The van der Waals surface area contributed by atoms with Gasteiger partial charge in [0.05, 0.1) is 11.4 Å². The van der Waals surface area contributed by atoms with E-state index in [1.165, 1.54) is 5.56 Å². The zero-order chi connectivity index (χ0) is 18.6. The largest absolute Gasteiger partial charge is 0.484 e. The highest BCUT2D eigenvalue weighted by Gasteiger charge is 2.13. The molecule has 0 unspecified atom stereocenters. The minimum Gasteiger partial charge on any atom is -0.484 e. The zero-order valence-corrected chi connectivity index (χ0v) is 16.1. The Morgan fingerprint density at radius 1 is 1.12 bits per heavy atom. The average Bonchev–Trinajstić information content (AvgIpc) is 3.29. The Balaban J connectivity index is 1.46. The molecule has 0 saturated carbocycles. The fourth-order valence-electron chi connectivity index (χ4n) is 2.46. The van der Waals surface area contributed by atoms with Crippen LogP contribution in [0, 0.1) is 0 Å². The van der Waals surface area contributed by atoms with Crippen LogP contribution < -0.4 is 10.1 Å². The fourth-order valence-corrected chi connectivity index (χ4v) is 3.15. The molecule has 26 heavy (non-hydrogen) atoms. The van der Waals surface area contributed by atoms with Gasteiger partial charge in [-0.05, 0) is 46.7 Å². The van der Waals surface area contributed by atoms with Crippen LogP contribution >= 0.6 is 11.3 Å². The van der Waals surface area contributed by atoms with Crippen molar-refractivity contribution in [2.75, 3.05) is 6.61 Å². The molecule has 0 aliphatic rings. The first-order valence-electron chi connectivity index (χ1n) is 8.54. The summed E-state index contributed by atoms with van der Waals surface area (Å²) in [6, 6.07) is 15.6. The van der Waals surface area contributed by atoms with Gasteiger partial charge in [-0.2, -0.15) is 0 Å². The normalized spacial score (nSPS) is 11.3. The summed E-state index contributed by atoms with van der Waals surface area (Å²) in [5, 5.41) is 4.81. The monoisotopic (exact) mass is 369 g/mol. The molecule has 1 amide bonds. The van der Waals surface area contributed by atoms with E-state index in [0.717, 1.165) is 16.4 Å². The van der Waals surface area contributed by atoms with Crippen LogP contribution in [-0.2, 0) is 16.8 Å². The molecular weight excluding hydrogens is 346 g/mol. The molecule has 0 spiro atoms. The SMILES string of the molecule is CC(C)(C)c1ccc(OCC(=O)NCc2ccc(-c3cccs3)o2)cc1. The third kappa shape index (κ3) is 4.76. The molecule has 136 valence electrons. The van der Waals surface area contributed by atoms with Crippen LogP contribution in [0.15, 0.2) is 58.3 Å². The second-order valence-corrected chi connectivity index (χ2v) is 8.03. The maximum atomic E-state index is 12.0. The summed E-state index contributed by atoms with van der Waals surface area (Å²) in [5.41, 5.74) is 1.33. The van der Waals surface area contributed by atoms with E-state index in [1.807, 2.05) is 53.9 Å². The van der Waals surface area contributed by atoms with Gasteiger partial charge in [0.15, 0.2) is 6.61 Å². The second kappa shape index (κ2) is 7.79. The highest BCUT2D eigenvalue weighted by Crippen LogP contribution is 2.26. The van der Waals surface area contributed by atoms with Gasteiger partial charge in [0, 0.05) is 0 Å². The molecule has 0 atom stereocenters. The standard InChI is InChI=1S/C21H23NO3S/c1-21(2,3)15-6-8-16(9-7-15)24-14-20(23)22-13-17-10-11-18(25-17)19-5-4-12-26-19/h4-12H,13-14H2,1-3H3,(H,22,23). The lowest BCUT2D eigenvalue weighted by atomic mass is 9.87. The molecule has 2 aromatic heterocycles. The van der Waals surface area contributed by atoms with Crippen molar-refractivity contribution < 1.29 is 13.9 Å². The second-order valence-electron chi connectivity index (χ2n) is 7.08. The molecule has 0 radical (unpaired) electrons. The Hall–Kier alpha value is -2.53. The van der Waals surface area contributed by atoms with Crippen LogP contribution in [0.25, 0.3) is 10.6 Å². The lowest BCUT2D eigenvalue weighted by Gasteiger charge is -2.19. The van der Waals surface area contributed by atoms with Crippen molar-refractivity contribution in [3.8, 4) is 16.4 Å². The first-order chi connectivity index (χ1) is 12.4. The number of thiophene rings is 1. The topological polar surface area (TPSA) is 51.5 Å². The van der Waals surface area contributed by atoms with E-state index >= 15 is 0 Å². The van der Waals surface area contributed by atoms with Crippen molar-refractivity contribution in [3.05, 3.63) is 65.2 Å². The molecule has 2 heterocycles. The van der Waals surface area contributed by atoms with Crippen molar-refractivity contribution in [2.45, 2.75) is 32.7 Å². The van der Waals surface area contributed by atoms with E-state index in [2.05, 4.69) is 26.1 Å². The van der Waals surface area contributed by atoms with Crippen molar-refractivity contribution in [2.24, 2.45) is 0 Å². The van der Waals surface area contributed by atoms with E-state index in [1.54, 1.807) is 11.3 Å². The van der Waals surface area contributed by atoms with E-state index < -0.39 is 0 Å². The van der Waals surface area contributed by atoms with Crippen molar-refractivity contribution in [3.63, 3.8) is 0 Å². The highest BCUT2D eigenvalue weighted by atomic mass is 32.1. The first-order valence-corrected chi connectivity index (χ1v) is 9.42. The number of hydrogen-bond donors (Lipinski definition) is 1. The van der Waals surface area contributed by atoms with Crippen LogP contribution in [0.4, 0.5) is 0 Å². The number of furan rings is 1. The summed E-state index contributed by atoms with van der Waals surface area (Å²) in [5.74, 6) is 2.04. The smallest absolute Gasteiger partial charge is 0.258 e. The molecule has 5 heteroatoms. The minimum absolute atomic E-state index is 0.0205. The molecule has 1 N–H and O–H groups in total. The molecule has 3 rings (SSSR count). The Morgan fingerprint density at radius 2 is 1.88 bits per heavy atom. The molecule has 0 bridgehead atoms. The minimum atomic E-state index is -0.182. The predicted octanol–water partition coefficient (Wildman–Crippen LogP) is 5.00. The number of nitrogens with one attached hydrogen (secondary N) is 1. The van der Waals surface area contributed by atoms with Gasteiger partial charge in [0.25, 0.3) is 5.91 Å². The maximum Gasteiger partial charge on any atom is 0.258 e. The maximum absolute atomic E-state index is 12.0. The Kier molecular flexibility index (Phi) is 5.47. The summed E-state index contributed by atoms with van der Waals surface area (Å²) in [7, 11) is 0. The Labute approximate surface area is 157 Å². The van der Waals surface area contributed by atoms with E-state index in [0.29, 0.717) is 12.3 Å². The van der Waals surface area contributed by atoms with E-state index in [4.69, 9.17) is 9.15 Å². The molecule has 1 aromatic carbocycles. The lowest BCUT2D eigenvalue weighted by molar-refractivity contribution is -0.123. The summed E-state index contributed by atoms with van der Waals surface area (Å²) >= 11 is 1.62. The summed E-state index contributed by atoms with van der Waals surface area (Å²) in [6.45, 7) is 6.81. The van der Waals surface area contributed by atoms with Gasteiger partial charge in [0.1, 0.15) is 17.3 Å². The summed E-state index contributed by atoms with van der Waals surface area (Å²) in [4.78, 5) is 13.0. The zero-order valence-electron chi connectivity index (χ0n) is 15.2. The van der Waals surface area contributed by atoms with Gasteiger partial charge in [-0.25, -0.2) is 0 Å². The van der Waals surface area contributed by atoms with E-state index in [-0.39, 0.29) is 17.9 Å². The van der Waals surface area contributed by atoms with Gasteiger partial charge in [0.2, 0.25) is 0 Å². The van der Waals surface area contributed by atoms with Crippen LogP contribution in [0.1, 0.15) is 32.1 Å². The molecule has 3 aromatic rings. The number of benzene rings is 1. The molecular formula is C21H23NO3S. The molecule has 0 saturated heterocycles. The summed E-state index contributed by atoms with van der Waals surface area (Å²) < 4.78 is 11.3. The van der Waals surface area contributed by atoms with Crippen molar-refractivity contribution in [1.82, 2.24) is 5.32 Å². The molecule has 4 nitrogen and oxygen atoms in total. The number of rotatable bonds is 6. The van der Waals surface area contributed by atoms with Crippen LogP contribution in [0.2, 0.25) is 0 Å². The van der Waals surface area contributed by atoms with Gasteiger partial charge in [-0.3, -0.25) is 4.79 Å². The number of ether oxygens (including phenoxy) is 1. The van der Waals surface area contributed by atoms with Gasteiger partial charge in [-0.15, -0.1) is 11.3 Å². The third-order valence-corrected chi connectivity index (χ3v) is 4.86. The fraction of sp³-hybridized carbons (Fsp3) is 0.286. The number of amides is 1. The van der Waals surface area contributed by atoms with Crippen LogP contribution in [-0.4, -0.2) is 12.5 Å². The van der Waals surface area contributed by atoms with Crippen LogP contribution in [0.3, 0.4) is 0 Å². The quantitative estimate of drug-likeness (QED) is 0.665. The highest BCUT2D eigenvalue weighted by molar-refractivity contribution is 7.13. The molecule has 0 fully saturated rings. The Morgan fingerprint density at radius 3 is 2.54 bits per heavy atom. The van der Waals surface area contributed by atoms with Crippen molar-refractivity contribution in [1.29, 1.82) is 0 Å². The van der Waals surface area contributed by atoms with Gasteiger partial charge < -0.3 is 14.5 Å². The number of carbonyl (C=O) groups is 1. The first kappa shape index (κ1) is 18.3. The molecule has 0 aliphatic heterocycles. The lowest BCUT2D eigenvalue weighted by Crippen LogP contribution is -2.28. The van der Waals surface area contributed by atoms with E-state index in [9.17, 15) is 4.79 Å². The van der Waals surface area contributed by atoms with Crippen LogP contribution in [0.5, 0.6) is 5.75 Å². The predicted molar refractivity (Wildman–Crippen MR) is 105 cm³/mol. The van der Waals surface area contributed by atoms with Gasteiger partial charge >= 0.3 is 0 Å². The van der Waals surface area contributed by atoms with Gasteiger partial charge in [-0.1, -0.05) is 39.0 Å². The number of carbonyl (C=O) groups excluding carboxylic acids is 1. The van der Waals surface area contributed by atoms with Crippen molar-refractivity contribution >= 4 is 17.2 Å². The molecule has 0 aliphatic carbocycles. The average molecular weight is 369 g/mol. The number of hydrogen-bond acceptors (Lipinski definition) is 4. The Bertz CT molecular complexity index is 842.